The molecule has 41 heavy (non-hydrogen) atoms. The summed E-state index contributed by atoms with van der Waals surface area (Å²) in [5, 5.41) is 3.16. The second-order valence-corrected chi connectivity index (χ2v) is 11.8. The van der Waals surface area contributed by atoms with Crippen molar-refractivity contribution in [3.05, 3.63) is 59.7 Å². The lowest BCUT2D eigenvalue weighted by Crippen LogP contribution is -2.51. The third-order valence-corrected chi connectivity index (χ3v) is 9.10. The highest BCUT2D eigenvalue weighted by Crippen LogP contribution is 2.37. The fourth-order valence-corrected chi connectivity index (χ4v) is 6.57. The Morgan fingerprint density at radius 3 is 2.63 bits per heavy atom. The summed E-state index contributed by atoms with van der Waals surface area (Å²) in [5.74, 6) is 2.18. The lowest BCUT2D eigenvalue weighted by molar-refractivity contribution is -0.136. The molecular formula is C33H46N4O4. The van der Waals surface area contributed by atoms with Crippen molar-refractivity contribution in [3.63, 3.8) is 0 Å². The van der Waals surface area contributed by atoms with Gasteiger partial charge in [-0.2, -0.15) is 0 Å². The van der Waals surface area contributed by atoms with Crippen molar-refractivity contribution in [2.24, 2.45) is 5.41 Å². The van der Waals surface area contributed by atoms with Gasteiger partial charge >= 0.3 is 0 Å². The monoisotopic (exact) mass is 562 g/mol. The van der Waals surface area contributed by atoms with Crippen molar-refractivity contribution in [2.75, 3.05) is 66.1 Å². The van der Waals surface area contributed by atoms with Crippen LogP contribution in [0.15, 0.2) is 48.5 Å². The Labute approximate surface area is 245 Å². The van der Waals surface area contributed by atoms with Crippen LogP contribution in [0.1, 0.15) is 49.7 Å². The lowest BCUT2D eigenvalue weighted by Gasteiger charge is -2.41. The standard InChI is InChI=1S/C33H46N4O4/c1-40-29-11-6-8-27(24-29)25-35-17-7-18-37(22-21-35)31(38)26-36-19-14-33(15-20-36)13-5-4-10-28-9-2-3-12-30(28)41-23-16-34-32(33)39/h2-3,6,8-9,11-12,24H,4-5,7,10,13-23,25-26H2,1H3,(H,34,39). The molecule has 2 aromatic carbocycles. The van der Waals surface area contributed by atoms with E-state index in [1.54, 1.807) is 7.11 Å². The van der Waals surface area contributed by atoms with Gasteiger partial charge in [-0.15, -0.1) is 0 Å². The van der Waals surface area contributed by atoms with E-state index in [2.05, 4.69) is 39.4 Å². The number of likely N-dealkylation sites (tertiary alicyclic amines) is 1. The van der Waals surface area contributed by atoms with Crippen LogP contribution in [0.2, 0.25) is 0 Å². The summed E-state index contributed by atoms with van der Waals surface area (Å²) < 4.78 is 11.4. The maximum absolute atomic E-state index is 13.4. The number of rotatable bonds is 5. The Morgan fingerprint density at radius 1 is 0.927 bits per heavy atom. The Hall–Kier alpha value is -3.10. The minimum absolute atomic E-state index is 0.157. The minimum atomic E-state index is -0.346. The van der Waals surface area contributed by atoms with E-state index in [0.717, 1.165) is 102 Å². The van der Waals surface area contributed by atoms with Gasteiger partial charge in [0.05, 0.1) is 25.6 Å². The van der Waals surface area contributed by atoms with Gasteiger partial charge < -0.3 is 19.7 Å². The summed E-state index contributed by atoms with van der Waals surface area (Å²) in [4.78, 5) is 33.4. The first kappa shape index (κ1) is 29.4. The first-order valence-corrected chi connectivity index (χ1v) is 15.4. The molecule has 1 N–H and O–H groups in total. The lowest BCUT2D eigenvalue weighted by atomic mass is 9.73. The summed E-state index contributed by atoms with van der Waals surface area (Å²) in [6.07, 6.45) is 6.52. The molecule has 0 bridgehead atoms. The van der Waals surface area contributed by atoms with E-state index in [-0.39, 0.29) is 17.2 Å². The molecule has 222 valence electrons. The predicted molar refractivity (Wildman–Crippen MR) is 160 cm³/mol. The Bertz CT molecular complexity index is 1160. The number of carbonyl (C=O) groups is 2. The van der Waals surface area contributed by atoms with E-state index in [9.17, 15) is 9.59 Å². The molecule has 0 aromatic heterocycles. The summed E-state index contributed by atoms with van der Waals surface area (Å²) in [7, 11) is 1.70. The second-order valence-electron chi connectivity index (χ2n) is 11.8. The van der Waals surface area contributed by atoms with Crippen molar-refractivity contribution in [3.8, 4) is 11.5 Å². The Morgan fingerprint density at radius 2 is 1.78 bits per heavy atom. The van der Waals surface area contributed by atoms with E-state index < -0.39 is 0 Å². The van der Waals surface area contributed by atoms with E-state index in [1.165, 1.54) is 11.1 Å². The molecule has 5 rings (SSSR count). The summed E-state index contributed by atoms with van der Waals surface area (Å²) in [5.41, 5.74) is 2.14. The third-order valence-electron chi connectivity index (χ3n) is 9.10. The number of methoxy groups -OCH3 is 1. The average Bonchev–Trinajstić information content (AvgIpc) is 3.24. The zero-order valence-corrected chi connectivity index (χ0v) is 24.6. The van der Waals surface area contributed by atoms with Crippen LogP contribution in [0.5, 0.6) is 11.5 Å². The fourth-order valence-electron chi connectivity index (χ4n) is 6.57. The molecule has 0 unspecified atom stereocenters. The molecule has 0 saturated carbocycles. The van der Waals surface area contributed by atoms with Crippen LogP contribution >= 0.6 is 0 Å². The van der Waals surface area contributed by atoms with Crippen molar-refractivity contribution < 1.29 is 19.1 Å². The van der Waals surface area contributed by atoms with E-state index in [1.807, 2.05) is 29.2 Å². The van der Waals surface area contributed by atoms with Crippen LogP contribution in [-0.2, 0) is 22.6 Å². The Kier molecular flexibility index (Phi) is 10.2. The number of ether oxygens (including phenoxy) is 2. The molecule has 2 fully saturated rings. The molecule has 2 amide bonds. The second kappa shape index (κ2) is 14.2. The fraction of sp³-hybridized carbons (Fsp3) is 0.576. The Balaban J connectivity index is 1.10. The molecule has 0 atom stereocenters. The first-order valence-electron chi connectivity index (χ1n) is 15.4. The van der Waals surface area contributed by atoms with Gasteiger partial charge in [0.1, 0.15) is 18.1 Å². The van der Waals surface area contributed by atoms with Crippen LogP contribution in [-0.4, -0.2) is 92.6 Å². The first-order chi connectivity index (χ1) is 20.0. The zero-order valence-electron chi connectivity index (χ0n) is 24.6. The molecule has 0 radical (unpaired) electrons. The molecular weight excluding hydrogens is 516 g/mol. The highest BCUT2D eigenvalue weighted by atomic mass is 16.5. The minimum Gasteiger partial charge on any atom is -0.497 e. The number of nitrogens with zero attached hydrogens (tertiary/aromatic N) is 3. The van der Waals surface area contributed by atoms with Gasteiger partial charge in [0.15, 0.2) is 0 Å². The predicted octanol–water partition coefficient (Wildman–Crippen LogP) is 3.73. The molecule has 8 nitrogen and oxygen atoms in total. The van der Waals surface area contributed by atoms with Crippen molar-refractivity contribution in [2.45, 2.75) is 51.5 Å². The van der Waals surface area contributed by atoms with Crippen molar-refractivity contribution in [1.82, 2.24) is 20.0 Å². The molecule has 1 spiro atoms. The molecule has 8 heteroatoms. The van der Waals surface area contributed by atoms with Gasteiger partial charge in [-0.25, -0.2) is 0 Å². The average molecular weight is 563 g/mol. The molecule has 2 aromatic rings. The number of nitrogens with one attached hydrogen (secondary N) is 1. The summed E-state index contributed by atoms with van der Waals surface area (Å²) in [6, 6.07) is 16.5. The van der Waals surface area contributed by atoms with Gasteiger partial charge in [0, 0.05) is 32.7 Å². The van der Waals surface area contributed by atoms with Crippen LogP contribution < -0.4 is 14.8 Å². The summed E-state index contributed by atoms with van der Waals surface area (Å²) >= 11 is 0. The number of fused-ring (bicyclic) bond motifs is 1. The smallest absolute Gasteiger partial charge is 0.236 e. The quantitative estimate of drug-likeness (QED) is 0.599. The number of hydrogen-bond donors (Lipinski definition) is 1. The number of piperidine rings is 1. The maximum atomic E-state index is 13.4. The van der Waals surface area contributed by atoms with Gasteiger partial charge in [0.25, 0.3) is 0 Å². The van der Waals surface area contributed by atoms with Gasteiger partial charge in [-0.1, -0.05) is 36.8 Å². The largest absolute Gasteiger partial charge is 0.497 e. The van der Waals surface area contributed by atoms with E-state index in [0.29, 0.717) is 19.7 Å². The van der Waals surface area contributed by atoms with E-state index in [4.69, 9.17) is 9.47 Å². The number of carbonyl (C=O) groups excluding carboxylic acids is 2. The van der Waals surface area contributed by atoms with Crippen LogP contribution in [0.4, 0.5) is 0 Å². The maximum Gasteiger partial charge on any atom is 0.236 e. The number of aryl methyl sites for hydroxylation is 1. The van der Waals surface area contributed by atoms with Crippen LogP contribution in [0, 0.1) is 5.41 Å². The van der Waals surface area contributed by atoms with Gasteiger partial charge in [0.2, 0.25) is 11.8 Å². The molecule has 2 saturated heterocycles. The molecule has 3 aliphatic heterocycles. The van der Waals surface area contributed by atoms with Gasteiger partial charge in [-0.3, -0.25) is 19.4 Å². The van der Waals surface area contributed by atoms with Gasteiger partial charge in [-0.05, 0) is 80.9 Å². The molecule has 0 aliphatic carbocycles. The topological polar surface area (TPSA) is 74.3 Å². The molecule has 3 heterocycles. The number of para-hydroxylation sites is 1. The van der Waals surface area contributed by atoms with Crippen molar-refractivity contribution in [1.29, 1.82) is 0 Å². The van der Waals surface area contributed by atoms with Crippen LogP contribution in [0.3, 0.4) is 0 Å². The normalized spacial score (nSPS) is 21.0. The number of benzene rings is 2. The number of hydrogen-bond acceptors (Lipinski definition) is 6. The highest BCUT2D eigenvalue weighted by molar-refractivity contribution is 5.83. The van der Waals surface area contributed by atoms with Crippen molar-refractivity contribution >= 4 is 11.8 Å². The summed E-state index contributed by atoms with van der Waals surface area (Å²) in [6.45, 7) is 7.30. The third kappa shape index (κ3) is 7.80. The SMILES string of the molecule is COc1cccc(CN2CCCN(C(=O)CN3CCC4(CCCCc5ccccc5OCCNC4=O)CC3)CC2)c1. The van der Waals surface area contributed by atoms with E-state index >= 15 is 0 Å². The number of amides is 2. The zero-order chi connectivity index (χ0) is 28.5. The highest BCUT2D eigenvalue weighted by Gasteiger charge is 2.41. The molecule has 3 aliphatic rings. The van der Waals surface area contributed by atoms with Crippen LogP contribution in [0.25, 0.3) is 0 Å².